The molecular weight excluding hydrogens is 458 g/mol. The van der Waals surface area contributed by atoms with Crippen molar-refractivity contribution in [3.8, 4) is 0 Å². The predicted molar refractivity (Wildman–Crippen MR) is 103 cm³/mol. The van der Waals surface area contributed by atoms with Crippen LogP contribution in [0.1, 0.15) is 19.4 Å². The molecule has 0 unspecified atom stereocenters. The zero-order chi connectivity index (χ0) is 18.1. The maximum absolute atomic E-state index is 12.9. The highest BCUT2D eigenvalue weighted by Gasteiger charge is 2.42. The molecule has 128 valence electrons. The molecule has 24 heavy (non-hydrogen) atoms. The average molecular weight is 475 g/mol. The first-order valence-electron chi connectivity index (χ1n) is 7.13. The van der Waals surface area contributed by atoms with Gasteiger partial charge in [0, 0.05) is 14.6 Å². The molecule has 1 N–H and O–H groups in total. The predicted octanol–water partition coefficient (Wildman–Crippen LogP) is 4.71. The van der Waals surface area contributed by atoms with Gasteiger partial charge in [0.15, 0.2) is 9.84 Å². The number of amides is 1. The van der Waals surface area contributed by atoms with Crippen molar-refractivity contribution in [2.24, 2.45) is 0 Å². The van der Waals surface area contributed by atoms with Crippen LogP contribution in [0.4, 0.5) is 5.69 Å². The van der Waals surface area contributed by atoms with Gasteiger partial charge in [-0.1, -0.05) is 31.9 Å². The number of halogens is 2. The Balaban J connectivity index is 2.34. The number of anilines is 1. The van der Waals surface area contributed by atoms with Gasteiger partial charge >= 0.3 is 0 Å². The summed E-state index contributed by atoms with van der Waals surface area (Å²) in [6, 6.07) is 11.6. The summed E-state index contributed by atoms with van der Waals surface area (Å²) in [4.78, 5) is 12.8. The fourth-order valence-electron chi connectivity index (χ4n) is 2.07. The monoisotopic (exact) mass is 473 g/mol. The van der Waals surface area contributed by atoms with Gasteiger partial charge in [0.2, 0.25) is 5.91 Å². The van der Waals surface area contributed by atoms with Crippen LogP contribution < -0.4 is 5.32 Å². The minimum atomic E-state index is -3.84. The Bertz CT molecular complexity index is 875. The highest BCUT2D eigenvalue weighted by Crippen LogP contribution is 2.29. The van der Waals surface area contributed by atoms with E-state index in [0.717, 1.165) is 14.5 Å². The third-order valence-electron chi connectivity index (χ3n) is 3.78. The molecule has 0 heterocycles. The topological polar surface area (TPSA) is 63.2 Å². The van der Waals surface area contributed by atoms with Gasteiger partial charge < -0.3 is 5.32 Å². The molecule has 0 bridgehead atoms. The third-order valence-corrected chi connectivity index (χ3v) is 7.22. The lowest BCUT2D eigenvalue weighted by atomic mass is 10.1. The van der Waals surface area contributed by atoms with Crippen molar-refractivity contribution < 1.29 is 13.2 Å². The molecule has 4 nitrogen and oxygen atoms in total. The molecule has 2 rings (SSSR count). The summed E-state index contributed by atoms with van der Waals surface area (Å²) in [7, 11) is -3.84. The molecule has 2 aromatic carbocycles. The zero-order valence-corrected chi connectivity index (χ0v) is 17.4. The van der Waals surface area contributed by atoms with Crippen LogP contribution in [-0.4, -0.2) is 19.1 Å². The molecule has 1 amide bonds. The molecule has 0 atom stereocenters. The minimum absolute atomic E-state index is 0.110. The quantitative estimate of drug-likeness (QED) is 0.697. The molecule has 2 aromatic rings. The lowest BCUT2D eigenvalue weighted by molar-refractivity contribution is -0.117. The highest BCUT2D eigenvalue weighted by molar-refractivity contribution is 9.10. The Labute approximate surface area is 158 Å². The Hall–Kier alpha value is -1.18. The minimum Gasteiger partial charge on any atom is -0.324 e. The number of hydrogen-bond donors (Lipinski definition) is 1. The maximum Gasteiger partial charge on any atom is 0.245 e. The molecule has 0 fully saturated rings. The first-order chi connectivity index (χ1) is 11.1. The molecule has 0 spiro atoms. The average Bonchev–Trinajstić information content (AvgIpc) is 2.50. The van der Waals surface area contributed by atoms with Crippen molar-refractivity contribution in [2.75, 3.05) is 5.32 Å². The zero-order valence-electron chi connectivity index (χ0n) is 13.4. The largest absolute Gasteiger partial charge is 0.324 e. The van der Waals surface area contributed by atoms with Crippen LogP contribution in [0.25, 0.3) is 0 Å². The number of hydrogen-bond acceptors (Lipinski definition) is 3. The number of aryl methyl sites for hydroxylation is 1. The van der Waals surface area contributed by atoms with E-state index in [1.807, 2.05) is 13.0 Å². The van der Waals surface area contributed by atoms with E-state index in [0.29, 0.717) is 5.69 Å². The Kier molecular flexibility index (Phi) is 5.57. The van der Waals surface area contributed by atoms with E-state index in [-0.39, 0.29) is 4.90 Å². The summed E-state index contributed by atoms with van der Waals surface area (Å²) < 4.78 is 25.8. The molecule has 0 aromatic heterocycles. The number of carbonyl (C=O) groups excluding carboxylic acids is 1. The second-order valence-electron chi connectivity index (χ2n) is 5.88. The van der Waals surface area contributed by atoms with Crippen LogP contribution in [0.5, 0.6) is 0 Å². The Morgan fingerprint density at radius 3 is 2.08 bits per heavy atom. The fourth-order valence-corrected chi connectivity index (χ4v) is 4.19. The van der Waals surface area contributed by atoms with Crippen molar-refractivity contribution >= 4 is 53.3 Å². The number of rotatable bonds is 4. The van der Waals surface area contributed by atoms with Crippen molar-refractivity contribution in [3.63, 3.8) is 0 Å². The summed E-state index contributed by atoms with van der Waals surface area (Å²) in [5.41, 5.74) is 1.43. The second-order valence-corrected chi connectivity index (χ2v) is 10.2. The summed E-state index contributed by atoms with van der Waals surface area (Å²) in [5.74, 6) is -0.573. The number of sulfone groups is 1. The van der Waals surface area contributed by atoms with Gasteiger partial charge in [-0.25, -0.2) is 8.42 Å². The number of benzene rings is 2. The number of nitrogens with one attached hydrogen (secondary N) is 1. The summed E-state index contributed by atoms with van der Waals surface area (Å²) in [5, 5.41) is 2.72. The van der Waals surface area contributed by atoms with Gasteiger partial charge in [0.25, 0.3) is 0 Å². The molecule has 0 aliphatic carbocycles. The van der Waals surface area contributed by atoms with Crippen LogP contribution in [0.15, 0.2) is 56.3 Å². The SMILES string of the molecule is Cc1cc(Br)ccc1NC(=O)C(C)(C)S(=O)(=O)c1ccc(Br)cc1. The molecular formula is C17H17Br2NO3S. The van der Waals surface area contributed by atoms with Gasteiger partial charge in [-0.05, 0) is 68.8 Å². The Morgan fingerprint density at radius 1 is 1.00 bits per heavy atom. The van der Waals surface area contributed by atoms with Crippen LogP contribution in [0.2, 0.25) is 0 Å². The van der Waals surface area contributed by atoms with E-state index in [1.165, 1.54) is 26.0 Å². The summed E-state index contributed by atoms with van der Waals surface area (Å²) >= 11 is 6.63. The van der Waals surface area contributed by atoms with Gasteiger partial charge in [-0.3, -0.25) is 4.79 Å². The molecule has 0 saturated heterocycles. The fraction of sp³-hybridized carbons (Fsp3) is 0.235. The highest BCUT2D eigenvalue weighted by atomic mass is 79.9. The summed E-state index contributed by atoms with van der Waals surface area (Å²) in [6.45, 7) is 4.67. The number of carbonyl (C=O) groups is 1. The van der Waals surface area contributed by atoms with E-state index in [2.05, 4.69) is 37.2 Å². The van der Waals surface area contributed by atoms with E-state index < -0.39 is 20.5 Å². The Morgan fingerprint density at radius 2 is 1.54 bits per heavy atom. The van der Waals surface area contributed by atoms with E-state index in [1.54, 1.807) is 24.3 Å². The normalized spacial score (nSPS) is 12.0. The van der Waals surface area contributed by atoms with Crippen molar-refractivity contribution in [2.45, 2.75) is 30.4 Å². The summed E-state index contributed by atoms with van der Waals surface area (Å²) in [6.07, 6.45) is 0. The maximum atomic E-state index is 12.9. The van der Waals surface area contributed by atoms with E-state index >= 15 is 0 Å². The van der Waals surface area contributed by atoms with Gasteiger partial charge in [0.05, 0.1) is 4.90 Å². The third kappa shape index (κ3) is 3.73. The van der Waals surface area contributed by atoms with Crippen LogP contribution in [0.3, 0.4) is 0 Å². The lowest BCUT2D eigenvalue weighted by Crippen LogP contribution is -2.44. The van der Waals surface area contributed by atoms with E-state index in [4.69, 9.17) is 0 Å². The molecule has 0 aliphatic rings. The van der Waals surface area contributed by atoms with Crippen LogP contribution in [-0.2, 0) is 14.6 Å². The first-order valence-corrected chi connectivity index (χ1v) is 10.2. The standard InChI is InChI=1S/C17H17Br2NO3S/c1-11-10-13(19)6-9-15(11)20-16(21)17(2,3)24(22,23)14-7-4-12(18)5-8-14/h4-10H,1-3H3,(H,20,21). The second kappa shape index (κ2) is 6.98. The van der Waals surface area contributed by atoms with Crippen LogP contribution >= 0.6 is 31.9 Å². The molecule has 0 aliphatic heterocycles. The van der Waals surface area contributed by atoms with Gasteiger partial charge in [-0.15, -0.1) is 0 Å². The smallest absolute Gasteiger partial charge is 0.245 e. The van der Waals surface area contributed by atoms with Gasteiger partial charge in [-0.2, -0.15) is 0 Å². The van der Waals surface area contributed by atoms with Crippen molar-refractivity contribution in [3.05, 3.63) is 57.0 Å². The molecule has 0 saturated carbocycles. The van der Waals surface area contributed by atoms with E-state index in [9.17, 15) is 13.2 Å². The first kappa shape index (κ1) is 19.1. The van der Waals surface area contributed by atoms with Crippen LogP contribution in [0, 0.1) is 6.92 Å². The van der Waals surface area contributed by atoms with Crippen molar-refractivity contribution in [1.82, 2.24) is 0 Å². The lowest BCUT2D eigenvalue weighted by Gasteiger charge is -2.24. The van der Waals surface area contributed by atoms with Crippen molar-refractivity contribution in [1.29, 1.82) is 0 Å². The molecule has 0 radical (unpaired) electrons. The van der Waals surface area contributed by atoms with Gasteiger partial charge in [0.1, 0.15) is 4.75 Å². The molecule has 7 heteroatoms.